The van der Waals surface area contributed by atoms with Crippen LogP contribution in [0.1, 0.15) is 34.6 Å². The van der Waals surface area contributed by atoms with Gasteiger partial charge in [-0.05, 0) is 26.7 Å². The van der Waals surface area contributed by atoms with Crippen LogP contribution in [-0.2, 0) is 19.1 Å². The lowest BCUT2D eigenvalue weighted by Gasteiger charge is -2.35. The predicted octanol–water partition coefficient (Wildman–Crippen LogP) is 0.495. The number of amides is 1. The Labute approximate surface area is 114 Å². The lowest BCUT2D eigenvalue weighted by molar-refractivity contribution is -0.158. The van der Waals surface area contributed by atoms with E-state index < -0.39 is 29.9 Å². The number of hydrogen-bond acceptors (Lipinski definition) is 5. The van der Waals surface area contributed by atoms with Crippen LogP contribution in [0.15, 0.2) is 0 Å². The number of esters is 1. The summed E-state index contributed by atoms with van der Waals surface area (Å²) in [5.74, 6) is -0.792. The van der Waals surface area contributed by atoms with Crippen LogP contribution in [0.5, 0.6) is 0 Å². The molecule has 0 aliphatic carbocycles. The molecule has 1 aliphatic heterocycles. The molecule has 0 aromatic carbocycles. The van der Waals surface area contributed by atoms with Crippen molar-refractivity contribution in [3.05, 3.63) is 0 Å². The SMILES string of the molecule is COC(=O)[C@@H]1[C@@H](C)OC(C)(C)N1C(=O)[C@@H](N)C(C)C. The van der Waals surface area contributed by atoms with Crippen molar-refractivity contribution in [2.24, 2.45) is 11.7 Å². The van der Waals surface area contributed by atoms with Crippen molar-refractivity contribution < 1.29 is 19.1 Å². The fourth-order valence-electron chi connectivity index (χ4n) is 2.39. The zero-order valence-corrected chi connectivity index (χ0v) is 12.5. The molecular formula is C13H24N2O4. The molecule has 0 bridgehead atoms. The Morgan fingerprint density at radius 1 is 1.37 bits per heavy atom. The monoisotopic (exact) mass is 272 g/mol. The zero-order chi connectivity index (χ0) is 15.0. The fraction of sp³-hybridized carbons (Fsp3) is 0.846. The first-order chi connectivity index (χ1) is 8.63. The van der Waals surface area contributed by atoms with Crippen LogP contribution in [0.25, 0.3) is 0 Å². The van der Waals surface area contributed by atoms with Crippen LogP contribution >= 0.6 is 0 Å². The number of hydrogen-bond donors (Lipinski definition) is 1. The Balaban J connectivity index is 3.10. The molecule has 1 aliphatic rings. The van der Waals surface area contributed by atoms with Gasteiger partial charge in [-0.3, -0.25) is 9.69 Å². The van der Waals surface area contributed by atoms with Gasteiger partial charge >= 0.3 is 5.97 Å². The van der Waals surface area contributed by atoms with Crippen LogP contribution in [0, 0.1) is 5.92 Å². The van der Waals surface area contributed by atoms with Gasteiger partial charge in [0.25, 0.3) is 0 Å². The van der Waals surface area contributed by atoms with Gasteiger partial charge in [0.15, 0.2) is 6.04 Å². The number of ether oxygens (including phenoxy) is 2. The van der Waals surface area contributed by atoms with Gasteiger partial charge in [-0.25, -0.2) is 4.79 Å². The molecule has 0 radical (unpaired) electrons. The van der Waals surface area contributed by atoms with E-state index in [2.05, 4.69) is 0 Å². The summed E-state index contributed by atoms with van der Waals surface area (Å²) in [7, 11) is 1.30. The fourth-order valence-corrected chi connectivity index (χ4v) is 2.39. The quantitative estimate of drug-likeness (QED) is 0.756. The molecule has 1 rings (SSSR count). The van der Waals surface area contributed by atoms with E-state index in [1.54, 1.807) is 20.8 Å². The van der Waals surface area contributed by atoms with Gasteiger partial charge in [-0.15, -0.1) is 0 Å². The highest BCUT2D eigenvalue weighted by Crippen LogP contribution is 2.33. The topological polar surface area (TPSA) is 81.9 Å². The molecule has 3 atom stereocenters. The molecule has 1 amide bonds. The smallest absolute Gasteiger partial charge is 0.331 e. The lowest BCUT2D eigenvalue weighted by atomic mass is 10.0. The molecule has 2 N–H and O–H groups in total. The van der Waals surface area contributed by atoms with Gasteiger partial charge in [-0.2, -0.15) is 0 Å². The van der Waals surface area contributed by atoms with Crippen molar-refractivity contribution in [3.63, 3.8) is 0 Å². The maximum absolute atomic E-state index is 12.5. The highest BCUT2D eigenvalue weighted by atomic mass is 16.6. The highest BCUT2D eigenvalue weighted by Gasteiger charge is 2.52. The molecule has 6 nitrogen and oxygen atoms in total. The molecule has 0 unspecified atom stereocenters. The van der Waals surface area contributed by atoms with Crippen molar-refractivity contribution in [1.82, 2.24) is 4.90 Å². The first kappa shape index (κ1) is 15.9. The summed E-state index contributed by atoms with van der Waals surface area (Å²) in [6, 6.07) is -1.42. The maximum Gasteiger partial charge on any atom is 0.331 e. The summed E-state index contributed by atoms with van der Waals surface area (Å²) in [6.45, 7) is 8.97. The minimum atomic E-state index is -0.873. The summed E-state index contributed by atoms with van der Waals surface area (Å²) in [5, 5.41) is 0. The molecule has 0 aromatic rings. The minimum Gasteiger partial charge on any atom is -0.467 e. The summed E-state index contributed by atoms with van der Waals surface area (Å²) in [6.07, 6.45) is -0.425. The van der Waals surface area contributed by atoms with Crippen molar-refractivity contribution >= 4 is 11.9 Å². The third kappa shape index (κ3) is 2.90. The van der Waals surface area contributed by atoms with Gasteiger partial charge in [0.2, 0.25) is 5.91 Å². The molecule has 0 saturated carbocycles. The molecule has 0 spiro atoms. The van der Waals surface area contributed by atoms with Crippen LogP contribution in [0.3, 0.4) is 0 Å². The van der Waals surface area contributed by atoms with Crippen LogP contribution < -0.4 is 5.73 Å². The standard InChI is InChI=1S/C13H24N2O4/c1-7(2)9(14)11(16)15-10(12(17)18-6)8(3)19-13(15,4)5/h7-10H,14H2,1-6H3/t8-,9+,10+/m1/s1. The van der Waals surface area contributed by atoms with E-state index in [1.807, 2.05) is 13.8 Å². The largest absolute Gasteiger partial charge is 0.467 e. The van der Waals surface area contributed by atoms with E-state index in [4.69, 9.17) is 15.2 Å². The Hall–Kier alpha value is -1.14. The van der Waals surface area contributed by atoms with Crippen molar-refractivity contribution in [3.8, 4) is 0 Å². The predicted molar refractivity (Wildman–Crippen MR) is 70.1 cm³/mol. The van der Waals surface area contributed by atoms with E-state index in [-0.39, 0.29) is 11.8 Å². The zero-order valence-electron chi connectivity index (χ0n) is 12.5. The average molecular weight is 272 g/mol. The van der Waals surface area contributed by atoms with E-state index in [0.717, 1.165) is 0 Å². The van der Waals surface area contributed by atoms with Crippen LogP contribution in [0.2, 0.25) is 0 Å². The van der Waals surface area contributed by atoms with E-state index in [9.17, 15) is 9.59 Å². The number of carbonyl (C=O) groups is 2. The first-order valence-electron chi connectivity index (χ1n) is 6.48. The van der Waals surface area contributed by atoms with E-state index >= 15 is 0 Å². The molecule has 1 fully saturated rings. The minimum absolute atomic E-state index is 0.0162. The number of nitrogens with two attached hydrogens (primary N) is 1. The van der Waals surface area contributed by atoms with Gasteiger partial charge in [0.1, 0.15) is 5.72 Å². The van der Waals surface area contributed by atoms with Crippen molar-refractivity contribution in [1.29, 1.82) is 0 Å². The van der Waals surface area contributed by atoms with Crippen molar-refractivity contribution in [2.75, 3.05) is 7.11 Å². The number of carbonyl (C=O) groups excluding carboxylic acids is 2. The summed E-state index contributed by atoms with van der Waals surface area (Å²) >= 11 is 0. The van der Waals surface area contributed by atoms with Crippen LogP contribution in [-0.4, -0.2) is 47.8 Å². The Bertz CT molecular complexity index is 368. The third-order valence-corrected chi connectivity index (χ3v) is 3.46. The van der Waals surface area contributed by atoms with Gasteiger partial charge in [-0.1, -0.05) is 13.8 Å². The highest BCUT2D eigenvalue weighted by molar-refractivity contribution is 5.89. The molecule has 110 valence electrons. The molecule has 1 heterocycles. The average Bonchev–Trinajstić information content (AvgIpc) is 2.55. The number of methoxy groups -OCH3 is 1. The second-order valence-electron chi connectivity index (χ2n) is 5.72. The number of nitrogens with zero attached hydrogens (tertiary/aromatic N) is 1. The van der Waals surface area contributed by atoms with Gasteiger partial charge < -0.3 is 15.2 Å². The van der Waals surface area contributed by atoms with E-state index in [0.29, 0.717) is 0 Å². The molecule has 1 saturated heterocycles. The Morgan fingerprint density at radius 2 is 1.89 bits per heavy atom. The van der Waals surface area contributed by atoms with E-state index in [1.165, 1.54) is 12.0 Å². The third-order valence-electron chi connectivity index (χ3n) is 3.46. The number of rotatable bonds is 3. The normalized spacial score (nSPS) is 27.5. The molecule has 0 aromatic heterocycles. The second kappa shape index (κ2) is 5.46. The summed E-state index contributed by atoms with van der Waals surface area (Å²) in [5.41, 5.74) is 5.04. The molecule has 19 heavy (non-hydrogen) atoms. The lowest BCUT2D eigenvalue weighted by Crippen LogP contribution is -2.57. The van der Waals surface area contributed by atoms with Gasteiger partial charge in [0.05, 0.1) is 19.3 Å². The molecule has 6 heteroatoms. The second-order valence-corrected chi connectivity index (χ2v) is 5.72. The Morgan fingerprint density at radius 3 is 2.32 bits per heavy atom. The van der Waals surface area contributed by atoms with Gasteiger partial charge in [0, 0.05) is 0 Å². The summed E-state index contributed by atoms with van der Waals surface area (Å²) < 4.78 is 10.5. The first-order valence-corrected chi connectivity index (χ1v) is 6.48. The Kier molecular flexibility index (Phi) is 4.58. The summed E-state index contributed by atoms with van der Waals surface area (Å²) in [4.78, 5) is 25.8. The molecular weight excluding hydrogens is 248 g/mol. The maximum atomic E-state index is 12.5. The van der Waals surface area contributed by atoms with Crippen LogP contribution in [0.4, 0.5) is 0 Å². The van der Waals surface area contributed by atoms with Crippen molar-refractivity contribution in [2.45, 2.75) is 58.5 Å².